The Morgan fingerprint density at radius 1 is 1.08 bits per heavy atom. The number of halogens is 4. The third-order valence-electron chi connectivity index (χ3n) is 5.56. The van der Waals surface area contributed by atoms with Gasteiger partial charge in [-0.3, -0.25) is 9.36 Å². The maximum atomic E-state index is 13.1. The highest BCUT2D eigenvalue weighted by Gasteiger charge is 2.30. The molecule has 4 aromatic rings. The summed E-state index contributed by atoms with van der Waals surface area (Å²) in [6.07, 6.45) is -4.42. The van der Waals surface area contributed by atoms with Crippen molar-refractivity contribution in [2.24, 2.45) is 0 Å². The Balaban J connectivity index is 1.60. The van der Waals surface area contributed by atoms with Crippen LogP contribution in [0.4, 0.5) is 13.2 Å². The molecule has 1 amide bonds. The Labute approximate surface area is 220 Å². The first-order valence-electron chi connectivity index (χ1n) is 11.1. The van der Waals surface area contributed by atoms with Crippen LogP contribution in [0.15, 0.2) is 71.9 Å². The molecule has 1 heterocycles. The van der Waals surface area contributed by atoms with Crippen molar-refractivity contribution in [3.05, 3.63) is 99.8 Å². The van der Waals surface area contributed by atoms with Crippen LogP contribution in [0, 0.1) is 6.92 Å². The molecule has 4 rings (SSSR count). The quantitative estimate of drug-likeness (QED) is 0.256. The molecule has 3 aromatic carbocycles. The lowest BCUT2D eigenvalue weighted by Gasteiger charge is -2.14. The molecule has 6 nitrogen and oxygen atoms in total. The van der Waals surface area contributed by atoms with Crippen LogP contribution in [0.2, 0.25) is 5.02 Å². The third-order valence-corrected chi connectivity index (χ3v) is 6.97. The highest BCUT2D eigenvalue weighted by atomic mass is 35.5. The fourth-order valence-electron chi connectivity index (χ4n) is 3.58. The van der Waals surface area contributed by atoms with Crippen LogP contribution in [0.1, 0.15) is 32.9 Å². The summed E-state index contributed by atoms with van der Waals surface area (Å²) < 4.78 is 46.3. The summed E-state index contributed by atoms with van der Waals surface area (Å²) in [5, 5.41) is 12.4. The van der Waals surface area contributed by atoms with Crippen molar-refractivity contribution in [3.8, 4) is 11.4 Å². The van der Waals surface area contributed by atoms with E-state index in [0.717, 1.165) is 17.7 Å². The number of alkyl halides is 3. The second kappa shape index (κ2) is 11.3. The number of methoxy groups -OCH3 is 1. The summed E-state index contributed by atoms with van der Waals surface area (Å²) in [6, 6.07) is 17.2. The number of nitrogens with zero attached hydrogens (tertiary/aromatic N) is 3. The van der Waals surface area contributed by atoms with Gasteiger partial charge in [0.1, 0.15) is 5.75 Å². The zero-order valence-corrected chi connectivity index (χ0v) is 21.4. The Morgan fingerprint density at radius 3 is 2.51 bits per heavy atom. The van der Waals surface area contributed by atoms with Gasteiger partial charge in [-0.15, -0.1) is 10.2 Å². The number of carbonyl (C=O) groups is 1. The minimum atomic E-state index is -4.42. The highest BCUT2D eigenvalue weighted by Crippen LogP contribution is 2.32. The summed E-state index contributed by atoms with van der Waals surface area (Å²) in [4.78, 5) is 12.7. The first-order valence-corrected chi connectivity index (χ1v) is 12.4. The standard InChI is InChI=1S/C26H22ClF3N4O2S/c1-16-21(27)7-4-8-22(16)34-23(14-31-24(35)18-9-11-20(36-2)12-10-18)32-33-25(34)37-15-17-5-3-6-19(13-17)26(28,29)30/h3-13H,14-15H2,1-2H3,(H,31,35). The van der Waals surface area contributed by atoms with Crippen molar-refractivity contribution in [2.45, 2.75) is 30.6 Å². The average molecular weight is 547 g/mol. The fourth-order valence-corrected chi connectivity index (χ4v) is 4.65. The van der Waals surface area contributed by atoms with Gasteiger partial charge in [-0.2, -0.15) is 13.2 Å². The van der Waals surface area contributed by atoms with Gasteiger partial charge in [0.25, 0.3) is 5.91 Å². The molecule has 37 heavy (non-hydrogen) atoms. The van der Waals surface area contributed by atoms with Crippen LogP contribution in [-0.4, -0.2) is 27.8 Å². The lowest BCUT2D eigenvalue weighted by molar-refractivity contribution is -0.137. The molecule has 0 fully saturated rings. The molecule has 0 radical (unpaired) electrons. The number of benzene rings is 3. The van der Waals surface area contributed by atoms with E-state index in [-0.39, 0.29) is 18.2 Å². The van der Waals surface area contributed by atoms with E-state index in [0.29, 0.717) is 38.6 Å². The van der Waals surface area contributed by atoms with E-state index >= 15 is 0 Å². The zero-order valence-electron chi connectivity index (χ0n) is 19.8. The van der Waals surface area contributed by atoms with E-state index in [2.05, 4.69) is 15.5 Å². The van der Waals surface area contributed by atoms with E-state index < -0.39 is 11.7 Å². The Bertz CT molecular complexity index is 1410. The number of nitrogens with one attached hydrogen (secondary N) is 1. The van der Waals surface area contributed by atoms with E-state index in [1.54, 1.807) is 54.1 Å². The molecule has 0 saturated heterocycles. The topological polar surface area (TPSA) is 69.0 Å². The van der Waals surface area contributed by atoms with Gasteiger partial charge in [-0.25, -0.2) is 0 Å². The zero-order chi connectivity index (χ0) is 26.6. The fraction of sp³-hybridized carbons (Fsp3) is 0.192. The van der Waals surface area contributed by atoms with Crippen molar-refractivity contribution < 1.29 is 22.7 Å². The number of amides is 1. The van der Waals surface area contributed by atoms with Gasteiger partial charge < -0.3 is 10.1 Å². The van der Waals surface area contributed by atoms with Gasteiger partial charge in [-0.1, -0.05) is 47.6 Å². The number of carbonyl (C=O) groups excluding carboxylic acids is 1. The second-order valence-corrected chi connectivity index (χ2v) is 9.37. The van der Waals surface area contributed by atoms with Crippen molar-refractivity contribution in [1.82, 2.24) is 20.1 Å². The molecule has 0 aliphatic rings. The molecule has 0 aliphatic heterocycles. The molecule has 192 valence electrons. The van der Waals surface area contributed by atoms with Crippen LogP contribution in [0.3, 0.4) is 0 Å². The summed E-state index contributed by atoms with van der Waals surface area (Å²) in [6.45, 7) is 1.91. The van der Waals surface area contributed by atoms with Crippen LogP contribution >= 0.6 is 23.4 Å². The van der Waals surface area contributed by atoms with Crippen molar-refractivity contribution in [2.75, 3.05) is 7.11 Å². The lowest BCUT2D eigenvalue weighted by Crippen LogP contribution is -2.24. The lowest BCUT2D eigenvalue weighted by atomic mass is 10.1. The second-order valence-electron chi connectivity index (χ2n) is 8.02. The Hall–Kier alpha value is -3.50. The van der Waals surface area contributed by atoms with Gasteiger partial charge in [-0.05, 0) is 60.5 Å². The highest BCUT2D eigenvalue weighted by molar-refractivity contribution is 7.98. The molecule has 11 heteroatoms. The summed E-state index contributed by atoms with van der Waals surface area (Å²) in [7, 11) is 1.54. The Kier molecular flexibility index (Phi) is 8.09. The maximum Gasteiger partial charge on any atom is 0.416 e. The van der Waals surface area contributed by atoms with E-state index in [1.807, 2.05) is 13.0 Å². The van der Waals surface area contributed by atoms with Gasteiger partial charge in [0.2, 0.25) is 0 Å². The smallest absolute Gasteiger partial charge is 0.416 e. The minimum Gasteiger partial charge on any atom is -0.497 e. The molecular formula is C26H22ClF3N4O2S. The summed E-state index contributed by atoms with van der Waals surface area (Å²) in [5.41, 5.74) is 1.71. The summed E-state index contributed by atoms with van der Waals surface area (Å²) >= 11 is 7.59. The van der Waals surface area contributed by atoms with Crippen LogP contribution < -0.4 is 10.1 Å². The number of hydrogen-bond donors (Lipinski definition) is 1. The first-order chi connectivity index (χ1) is 17.7. The predicted molar refractivity (Wildman–Crippen MR) is 136 cm³/mol. The van der Waals surface area contributed by atoms with Crippen molar-refractivity contribution in [1.29, 1.82) is 0 Å². The summed E-state index contributed by atoms with van der Waals surface area (Å²) in [5.74, 6) is 1.01. The first kappa shape index (κ1) is 26.6. The van der Waals surface area contributed by atoms with Gasteiger partial charge >= 0.3 is 6.18 Å². The Morgan fingerprint density at radius 2 is 1.81 bits per heavy atom. The molecule has 1 N–H and O–H groups in total. The van der Waals surface area contributed by atoms with Crippen LogP contribution in [0.25, 0.3) is 5.69 Å². The number of rotatable bonds is 8. The monoisotopic (exact) mass is 546 g/mol. The van der Waals surface area contributed by atoms with Crippen LogP contribution in [-0.2, 0) is 18.5 Å². The van der Waals surface area contributed by atoms with Crippen molar-refractivity contribution >= 4 is 29.3 Å². The molecule has 1 aromatic heterocycles. The average Bonchev–Trinajstić information content (AvgIpc) is 3.29. The SMILES string of the molecule is COc1ccc(C(=O)NCc2nnc(SCc3cccc(C(F)(F)F)c3)n2-c2cccc(Cl)c2C)cc1. The molecular weight excluding hydrogens is 525 g/mol. The van der Waals surface area contributed by atoms with Gasteiger partial charge in [0, 0.05) is 16.3 Å². The van der Waals surface area contributed by atoms with Gasteiger partial charge in [0.15, 0.2) is 11.0 Å². The number of thioether (sulfide) groups is 1. The molecule has 0 unspecified atom stereocenters. The van der Waals surface area contributed by atoms with Crippen LogP contribution in [0.5, 0.6) is 5.75 Å². The third kappa shape index (κ3) is 6.26. The van der Waals surface area contributed by atoms with E-state index in [9.17, 15) is 18.0 Å². The normalized spacial score (nSPS) is 11.4. The molecule has 0 aliphatic carbocycles. The predicted octanol–water partition coefficient (Wildman–Crippen LogP) is 6.48. The molecule has 0 saturated carbocycles. The minimum absolute atomic E-state index is 0.0634. The van der Waals surface area contributed by atoms with Gasteiger partial charge in [0.05, 0.1) is 24.9 Å². The number of ether oxygens (including phenoxy) is 1. The van der Waals surface area contributed by atoms with E-state index in [4.69, 9.17) is 16.3 Å². The number of hydrogen-bond acceptors (Lipinski definition) is 5. The van der Waals surface area contributed by atoms with E-state index in [1.165, 1.54) is 17.8 Å². The molecule has 0 bridgehead atoms. The molecule has 0 spiro atoms. The largest absolute Gasteiger partial charge is 0.497 e. The number of aromatic nitrogens is 3. The molecule has 0 atom stereocenters. The van der Waals surface area contributed by atoms with Crippen molar-refractivity contribution in [3.63, 3.8) is 0 Å². The maximum absolute atomic E-state index is 13.1.